The lowest BCUT2D eigenvalue weighted by Crippen LogP contribution is -2.13. The molecule has 3 aromatic rings. The average molecular weight is 301 g/mol. The van der Waals surface area contributed by atoms with Crippen LogP contribution in [0.3, 0.4) is 0 Å². The van der Waals surface area contributed by atoms with Gasteiger partial charge in [0.15, 0.2) is 11.4 Å². The Hall–Kier alpha value is -2.14. The van der Waals surface area contributed by atoms with Crippen molar-refractivity contribution in [1.29, 1.82) is 0 Å². The van der Waals surface area contributed by atoms with E-state index in [0.717, 1.165) is 5.52 Å². The van der Waals surface area contributed by atoms with Gasteiger partial charge in [0.1, 0.15) is 11.3 Å². The highest BCUT2D eigenvalue weighted by atomic mass is 32.2. The van der Waals surface area contributed by atoms with Gasteiger partial charge in [-0.2, -0.15) is 0 Å². The fourth-order valence-electron chi connectivity index (χ4n) is 1.96. The van der Waals surface area contributed by atoms with Gasteiger partial charge >= 0.3 is 0 Å². The number of para-hydroxylation sites is 2. The Kier molecular flexibility index (Phi) is 3.75. The molecule has 0 spiro atoms. The number of thioether (sulfide) groups is 1. The fourth-order valence-corrected chi connectivity index (χ4v) is 2.79. The van der Waals surface area contributed by atoms with Gasteiger partial charge in [0.05, 0.1) is 5.25 Å². The molecule has 1 aromatic heterocycles. The van der Waals surface area contributed by atoms with Gasteiger partial charge in [0, 0.05) is 5.56 Å². The molecule has 0 aliphatic carbocycles. The molecule has 0 bridgehead atoms. The second kappa shape index (κ2) is 5.69. The summed E-state index contributed by atoms with van der Waals surface area (Å²) in [6.07, 6.45) is 0. The molecule has 2 aromatic carbocycles. The number of aromatic nitrogens is 1. The molecule has 0 amide bonds. The highest BCUT2D eigenvalue weighted by Crippen LogP contribution is 2.28. The van der Waals surface area contributed by atoms with Crippen LogP contribution in [-0.2, 0) is 0 Å². The van der Waals surface area contributed by atoms with Gasteiger partial charge in [-0.05, 0) is 43.3 Å². The van der Waals surface area contributed by atoms with Crippen molar-refractivity contribution in [2.45, 2.75) is 17.4 Å². The van der Waals surface area contributed by atoms with Gasteiger partial charge in [-0.15, -0.1) is 0 Å². The van der Waals surface area contributed by atoms with E-state index < -0.39 is 0 Å². The summed E-state index contributed by atoms with van der Waals surface area (Å²) in [7, 11) is 0. The number of nitrogens with zero attached hydrogens (tertiary/aromatic N) is 1. The van der Waals surface area contributed by atoms with Crippen LogP contribution in [0.1, 0.15) is 17.3 Å². The summed E-state index contributed by atoms with van der Waals surface area (Å²) in [5.41, 5.74) is 1.94. The molecular formula is C16H12FNO2S. The third-order valence-corrected chi connectivity index (χ3v) is 3.99. The largest absolute Gasteiger partial charge is 0.431 e. The first-order chi connectivity index (χ1) is 10.1. The minimum absolute atomic E-state index is 0.0812. The van der Waals surface area contributed by atoms with Crippen LogP contribution in [0.4, 0.5) is 4.39 Å². The normalized spacial score (nSPS) is 12.5. The lowest BCUT2D eigenvalue weighted by atomic mass is 10.1. The molecule has 0 aliphatic rings. The quantitative estimate of drug-likeness (QED) is 0.531. The van der Waals surface area contributed by atoms with E-state index in [1.807, 2.05) is 24.3 Å². The van der Waals surface area contributed by atoms with Gasteiger partial charge in [0.25, 0.3) is 5.22 Å². The van der Waals surface area contributed by atoms with Gasteiger partial charge in [-0.1, -0.05) is 23.9 Å². The second-order valence-electron chi connectivity index (χ2n) is 4.58. The standard InChI is InChI=1S/C16H12FNO2S/c1-10(15(19)11-6-8-12(17)9-7-11)21-16-18-13-4-2-3-5-14(13)20-16/h2-10H,1H3/t10-/m0/s1. The Bertz CT molecular complexity index is 749. The zero-order valence-corrected chi connectivity index (χ0v) is 12.1. The van der Waals surface area contributed by atoms with Gasteiger partial charge in [-0.3, -0.25) is 4.79 Å². The second-order valence-corrected chi connectivity index (χ2v) is 5.87. The minimum Gasteiger partial charge on any atom is -0.431 e. The molecule has 0 unspecified atom stereocenters. The zero-order valence-electron chi connectivity index (χ0n) is 11.2. The number of fused-ring (bicyclic) bond motifs is 1. The van der Waals surface area contributed by atoms with E-state index in [-0.39, 0.29) is 16.9 Å². The number of carbonyl (C=O) groups excluding carboxylic acids is 1. The maximum Gasteiger partial charge on any atom is 0.257 e. The summed E-state index contributed by atoms with van der Waals surface area (Å²) in [6, 6.07) is 13.0. The van der Waals surface area contributed by atoms with E-state index in [1.165, 1.54) is 36.0 Å². The number of carbonyl (C=O) groups is 1. The smallest absolute Gasteiger partial charge is 0.257 e. The van der Waals surface area contributed by atoms with Crippen LogP contribution in [0.15, 0.2) is 58.2 Å². The van der Waals surface area contributed by atoms with Crippen molar-refractivity contribution < 1.29 is 13.6 Å². The first-order valence-corrected chi connectivity index (χ1v) is 7.33. The van der Waals surface area contributed by atoms with Gasteiger partial charge < -0.3 is 4.42 Å². The molecule has 106 valence electrons. The van der Waals surface area contributed by atoms with Crippen LogP contribution in [0, 0.1) is 5.82 Å². The molecule has 21 heavy (non-hydrogen) atoms. The number of benzene rings is 2. The van der Waals surface area contributed by atoms with Crippen LogP contribution in [0.2, 0.25) is 0 Å². The Labute approximate surface area is 125 Å². The van der Waals surface area contributed by atoms with Crippen molar-refractivity contribution in [2.24, 2.45) is 0 Å². The molecule has 0 saturated carbocycles. The van der Waals surface area contributed by atoms with Gasteiger partial charge in [0.2, 0.25) is 0 Å². The summed E-state index contributed by atoms with van der Waals surface area (Å²) < 4.78 is 18.5. The van der Waals surface area contributed by atoms with E-state index in [0.29, 0.717) is 16.4 Å². The molecule has 0 radical (unpaired) electrons. The Morgan fingerprint density at radius 3 is 2.62 bits per heavy atom. The van der Waals surface area contributed by atoms with Gasteiger partial charge in [-0.25, -0.2) is 9.37 Å². The lowest BCUT2D eigenvalue weighted by Gasteiger charge is -2.07. The van der Waals surface area contributed by atoms with Crippen molar-refractivity contribution in [3.05, 3.63) is 59.9 Å². The van der Waals surface area contributed by atoms with E-state index in [1.54, 1.807) is 6.92 Å². The van der Waals surface area contributed by atoms with Crippen LogP contribution in [0.25, 0.3) is 11.1 Å². The summed E-state index contributed by atoms with van der Waals surface area (Å²) in [5.74, 6) is -0.437. The average Bonchev–Trinajstić information content (AvgIpc) is 2.89. The Morgan fingerprint density at radius 1 is 1.19 bits per heavy atom. The molecule has 0 N–H and O–H groups in total. The SMILES string of the molecule is C[C@H](Sc1nc2ccccc2o1)C(=O)c1ccc(F)cc1. The molecule has 3 nitrogen and oxygen atoms in total. The van der Waals surface area contributed by atoms with Crippen molar-refractivity contribution in [3.8, 4) is 0 Å². The van der Waals surface area contributed by atoms with Crippen molar-refractivity contribution in [3.63, 3.8) is 0 Å². The summed E-state index contributed by atoms with van der Waals surface area (Å²) in [4.78, 5) is 16.6. The highest BCUT2D eigenvalue weighted by molar-refractivity contribution is 8.00. The molecule has 5 heteroatoms. The van der Waals surface area contributed by atoms with Crippen LogP contribution >= 0.6 is 11.8 Å². The Morgan fingerprint density at radius 2 is 1.90 bits per heavy atom. The van der Waals surface area contributed by atoms with Crippen LogP contribution in [-0.4, -0.2) is 16.0 Å². The van der Waals surface area contributed by atoms with E-state index in [9.17, 15) is 9.18 Å². The zero-order chi connectivity index (χ0) is 14.8. The Balaban J connectivity index is 1.77. The predicted molar refractivity (Wildman–Crippen MR) is 80.1 cm³/mol. The molecule has 1 heterocycles. The third-order valence-electron chi connectivity index (χ3n) is 3.05. The number of halogens is 1. The van der Waals surface area contributed by atoms with Crippen LogP contribution < -0.4 is 0 Å². The molecular weight excluding hydrogens is 289 g/mol. The summed E-state index contributed by atoms with van der Waals surface area (Å²) >= 11 is 1.26. The maximum absolute atomic E-state index is 12.9. The number of rotatable bonds is 4. The van der Waals surface area contributed by atoms with Crippen molar-refractivity contribution >= 4 is 28.6 Å². The molecule has 0 aliphatic heterocycles. The lowest BCUT2D eigenvalue weighted by molar-refractivity contribution is 0.0993. The molecule has 3 rings (SSSR count). The van der Waals surface area contributed by atoms with E-state index in [2.05, 4.69) is 4.98 Å². The number of ketones is 1. The monoisotopic (exact) mass is 301 g/mol. The van der Waals surface area contributed by atoms with Crippen LogP contribution in [0.5, 0.6) is 0 Å². The highest BCUT2D eigenvalue weighted by Gasteiger charge is 2.19. The minimum atomic E-state index is -0.358. The van der Waals surface area contributed by atoms with E-state index in [4.69, 9.17) is 4.42 Å². The maximum atomic E-state index is 12.9. The number of Topliss-reactive ketones (excluding diaryl/α,β-unsaturated/α-hetero) is 1. The van der Waals surface area contributed by atoms with Crippen molar-refractivity contribution in [1.82, 2.24) is 4.98 Å². The van der Waals surface area contributed by atoms with Crippen molar-refractivity contribution in [2.75, 3.05) is 0 Å². The molecule has 0 fully saturated rings. The summed E-state index contributed by atoms with van der Waals surface area (Å²) in [5, 5.41) is 0.0997. The summed E-state index contributed by atoms with van der Waals surface area (Å²) in [6.45, 7) is 1.78. The predicted octanol–water partition coefficient (Wildman–Crippen LogP) is 4.33. The molecule has 1 atom stereocenters. The molecule has 0 saturated heterocycles. The first kappa shape index (κ1) is 13.8. The van der Waals surface area contributed by atoms with E-state index >= 15 is 0 Å². The number of oxazole rings is 1. The topological polar surface area (TPSA) is 43.1 Å². The number of hydrogen-bond donors (Lipinski definition) is 0. The number of hydrogen-bond acceptors (Lipinski definition) is 4. The fraction of sp³-hybridized carbons (Fsp3) is 0.125. The first-order valence-electron chi connectivity index (χ1n) is 6.45. The third kappa shape index (κ3) is 2.97.